The van der Waals surface area contributed by atoms with E-state index in [2.05, 4.69) is 10.6 Å². The number of piperidine rings is 1. The first-order valence-electron chi connectivity index (χ1n) is 11.5. The fourth-order valence-corrected chi connectivity index (χ4v) is 4.83. The first kappa shape index (κ1) is 20.9. The number of hydrogen-bond donors (Lipinski definition) is 2. The van der Waals surface area contributed by atoms with Gasteiger partial charge in [0.05, 0.1) is 5.92 Å². The number of nitrogens with one attached hydrogen (secondary N) is 2. The Morgan fingerprint density at radius 1 is 0.867 bits per heavy atom. The van der Waals surface area contributed by atoms with Crippen molar-refractivity contribution in [3.8, 4) is 0 Å². The molecule has 0 bridgehead atoms. The Bertz CT molecular complexity index is 805. The molecule has 1 aromatic rings. The standard InChI is InChI=1S/C24H33N3O3/c1-16-7-2-3-9-19(16)23(29)26-21-11-5-4-10-20(21)25-22(28)18-8-6-14-27(15-18)24(30)17-12-13-17/h2-3,7,9,17-18,20-21H,4-6,8,10-15H2,1H3,(H,25,28)(H,26,29)/t18?,20-,21-/m1/s1. The highest BCUT2D eigenvalue weighted by atomic mass is 16.2. The van der Waals surface area contributed by atoms with Crippen molar-refractivity contribution in [1.29, 1.82) is 0 Å². The summed E-state index contributed by atoms with van der Waals surface area (Å²) in [6.45, 7) is 3.25. The smallest absolute Gasteiger partial charge is 0.251 e. The summed E-state index contributed by atoms with van der Waals surface area (Å²) in [5, 5.41) is 6.39. The quantitative estimate of drug-likeness (QED) is 0.782. The number of amides is 3. The molecule has 30 heavy (non-hydrogen) atoms. The molecule has 1 aliphatic heterocycles. The molecule has 3 amide bonds. The molecule has 0 radical (unpaired) electrons. The lowest BCUT2D eigenvalue weighted by Gasteiger charge is -2.36. The van der Waals surface area contributed by atoms with Gasteiger partial charge < -0.3 is 15.5 Å². The second-order valence-electron chi connectivity index (χ2n) is 9.19. The fourth-order valence-electron chi connectivity index (χ4n) is 4.83. The van der Waals surface area contributed by atoms with Crippen LogP contribution in [0.3, 0.4) is 0 Å². The lowest BCUT2D eigenvalue weighted by molar-refractivity contribution is -0.137. The molecule has 1 aromatic carbocycles. The van der Waals surface area contributed by atoms with Crippen molar-refractivity contribution in [3.05, 3.63) is 35.4 Å². The maximum absolute atomic E-state index is 13.0. The van der Waals surface area contributed by atoms with Crippen LogP contribution in [0, 0.1) is 18.8 Å². The largest absolute Gasteiger partial charge is 0.351 e. The third-order valence-electron chi connectivity index (χ3n) is 6.83. The van der Waals surface area contributed by atoms with E-state index in [1.165, 1.54) is 0 Å². The minimum Gasteiger partial charge on any atom is -0.351 e. The van der Waals surface area contributed by atoms with Gasteiger partial charge in [-0.25, -0.2) is 0 Å². The zero-order valence-electron chi connectivity index (χ0n) is 17.9. The summed E-state index contributed by atoms with van der Waals surface area (Å²) in [6, 6.07) is 7.48. The second kappa shape index (κ2) is 9.19. The molecule has 6 heteroatoms. The van der Waals surface area contributed by atoms with E-state index >= 15 is 0 Å². The molecule has 0 aromatic heterocycles. The number of likely N-dealkylation sites (tertiary alicyclic amines) is 1. The van der Waals surface area contributed by atoms with Gasteiger partial charge in [0, 0.05) is 36.7 Å². The van der Waals surface area contributed by atoms with Crippen molar-refractivity contribution >= 4 is 17.7 Å². The Morgan fingerprint density at radius 2 is 1.57 bits per heavy atom. The third kappa shape index (κ3) is 4.85. The molecule has 3 fully saturated rings. The van der Waals surface area contributed by atoms with E-state index in [-0.39, 0.29) is 41.6 Å². The van der Waals surface area contributed by atoms with Gasteiger partial charge in [0.25, 0.3) is 5.91 Å². The van der Waals surface area contributed by atoms with Crippen LogP contribution >= 0.6 is 0 Å². The minimum atomic E-state index is -0.143. The van der Waals surface area contributed by atoms with Crippen LogP contribution in [0.15, 0.2) is 24.3 Å². The van der Waals surface area contributed by atoms with Gasteiger partial charge in [-0.05, 0) is 57.1 Å². The van der Waals surface area contributed by atoms with Crippen LogP contribution in [0.5, 0.6) is 0 Å². The van der Waals surface area contributed by atoms with E-state index < -0.39 is 0 Å². The predicted molar refractivity (Wildman–Crippen MR) is 115 cm³/mol. The number of nitrogens with zero attached hydrogens (tertiary/aromatic N) is 1. The van der Waals surface area contributed by atoms with Crippen molar-refractivity contribution in [2.24, 2.45) is 11.8 Å². The Kier molecular flexibility index (Phi) is 6.40. The summed E-state index contributed by atoms with van der Waals surface area (Å²) in [4.78, 5) is 40.1. The zero-order chi connectivity index (χ0) is 21.1. The van der Waals surface area contributed by atoms with Gasteiger partial charge in [0.1, 0.15) is 0 Å². The maximum atomic E-state index is 13.0. The summed E-state index contributed by atoms with van der Waals surface area (Å²) < 4.78 is 0. The Labute approximate surface area is 178 Å². The van der Waals surface area contributed by atoms with E-state index in [0.29, 0.717) is 12.1 Å². The van der Waals surface area contributed by atoms with Crippen LogP contribution in [-0.2, 0) is 9.59 Å². The highest BCUT2D eigenvalue weighted by Crippen LogP contribution is 2.32. The lowest BCUT2D eigenvalue weighted by atomic mass is 9.88. The molecular weight excluding hydrogens is 378 g/mol. The van der Waals surface area contributed by atoms with Gasteiger partial charge in [-0.2, -0.15) is 0 Å². The van der Waals surface area contributed by atoms with Crippen molar-refractivity contribution < 1.29 is 14.4 Å². The molecule has 1 heterocycles. The fraction of sp³-hybridized carbons (Fsp3) is 0.625. The summed E-state index contributed by atoms with van der Waals surface area (Å²) in [5.74, 6) is 0.249. The number of aryl methyl sites for hydroxylation is 1. The van der Waals surface area contributed by atoms with E-state index in [1.807, 2.05) is 36.1 Å². The number of carbonyl (C=O) groups is 3. The van der Waals surface area contributed by atoms with E-state index in [9.17, 15) is 14.4 Å². The highest BCUT2D eigenvalue weighted by Gasteiger charge is 2.37. The van der Waals surface area contributed by atoms with Crippen molar-refractivity contribution in [2.75, 3.05) is 13.1 Å². The normalized spacial score (nSPS) is 26.7. The van der Waals surface area contributed by atoms with Crippen molar-refractivity contribution in [3.63, 3.8) is 0 Å². The second-order valence-corrected chi connectivity index (χ2v) is 9.19. The monoisotopic (exact) mass is 411 g/mol. The highest BCUT2D eigenvalue weighted by molar-refractivity contribution is 5.95. The molecule has 3 aliphatic rings. The summed E-state index contributed by atoms with van der Waals surface area (Å²) in [7, 11) is 0. The van der Waals surface area contributed by atoms with Crippen LogP contribution in [-0.4, -0.2) is 47.8 Å². The Balaban J connectivity index is 1.35. The van der Waals surface area contributed by atoms with E-state index in [0.717, 1.165) is 63.5 Å². The van der Waals surface area contributed by atoms with Gasteiger partial charge in [-0.15, -0.1) is 0 Å². The molecule has 2 N–H and O–H groups in total. The SMILES string of the molecule is Cc1ccccc1C(=O)N[C@@H]1CCCC[C@H]1NC(=O)C1CCCN(C(=O)C2CC2)C1. The predicted octanol–water partition coefficient (Wildman–Crippen LogP) is 2.80. The first-order valence-corrected chi connectivity index (χ1v) is 11.5. The third-order valence-corrected chi connectivity index (χ3v) is 6.83. The molecule has 2 aliphatic carbocycles. The minimum absolute atomic E-state index is 0.0327. The average Bonchev–Trinajstić information content (AvgIpc) is 3.60. The van der Waals surface area contributed by atoms with Crippen LogP contribution in [0.4, 0.5) is 0 Å². The number of hydrogen-bond acceptors (Lipinski definition) is 3. The molecule has 162 valence electrons. The van der Waals surface area contributed by atoms with Gasteiger partial charge in [0.2, 0.25) is 11.8 Å². The molecule has 1 unspecified atom stereocenters. The molecule has 6 nitrogen and oxygen atoms in total. The van der Waals surface area contributed by atoms with E-state index in [1.54, 1.807) is 0 Å². The van der Waals surface area contributed by atoms with Crippen molar-refractivity contribution in [2.45, 2.75) is 70.4 Å². The van der Waals surface area contributed by atoms with E-state index in [4.69, 9.17) is 0 Å². The molecular formula is C24H33N3O3. The molecule has 2 saturated carbocycles. The molecule has 3 atom stereocenters. The zero-order valence-corrected chi connectivity index (χ0v) is 17.9. The molecule has 1 saturated heterocycles. The first-order chi connectivity index (χ1) is 14.5. The lowest BCUT2D eigenvalue weighted by Crippen LogP contribution is -2.55. The Morgan fingerprint density at radius 3 is 2.27 bits per heavy atom. The van der Waals surface area contributed by atoms with Gasteiger partial charge >= 0.3 is 0 Å². The van der Waals surface area contributed by atoms with Gasteiger partial charge in [-0.3, -0.25) is 14.4 Å². The van der Waals surface area contributed by atoms with Gasteiger partial charge in [0.15, 0.2) is 0 Å². The van der Waals surface area contributed by atoms with Gasteiger partial charge in [-0.1, -0.05) is 31.0 Å². The average molecular weight is 412 g/mol. The summed E-state index contributed by atoms with van der Waals surface area (Å²) in [6.07, 6.45) is 7.56. The Hall–Kier alpha value is -2.37. The van der Waals surface area contributed by atoms with Crippen molar-refractivity contribution in [1.82, 2.24) is 15.5 Å². The number of rotatable bonds is 5. The van der Waals surface area contributed by atoms with Crippen LogP contribution in [0.25, 0.3) is 0 Å². The number of benzene rings is 1. The van der Waals surface area contributed by atoms with Crippen LogP contribution < -0.4 is 10.6 Å². The summed E-state index contributed by atoms with van der Waals surface area (Å²) in [5.41, 5.74) is 1.64. The maximum Gasteiger partial charge on any atom is 0.251 e. The summed E-state index contributed by atoms with van der Waals surface area (Å²) >= 11 is 0. The van der Waals surface area contributed by atoms with Crippen LogP contribution in [0.1, 0.15) is 67.3 Å². The molecule has 0 spiro atoms. The van der Waals surface area contributed by atoms with Crippen LogP contribution in [0.2, 0.25) is 0 Å². The topological polar surface area (TPSA) is 78.5 Å². The number of carbonyl (C=O) groups excluding carboxylic acids is 3. The molecule has 4 rings (SSSR count).